The second kappa shape index (κ2) is 4.87. The summed E-state index contributed by atoms with van der Waals surface area (Å²) in [5.74, 6) is 0. The van der Waals surface area contributed by atoms with Gasteiger partial charge in [-0.15, -0.1) is 0 Å². The Hall–Kier alpha value is -1.72. The molecule has 0 radical (unpaired) electrons. The third kappa shape index (κ3) is 2.26. The summed E-state index contributed by atoms with van der Waals surface area (Å²) in [5, 5.41) is 11.7. The molecular weight excluding hydrogens is 206 g/mol. The van der Waals surface area contributed by atoms with Crippen molar-refractivity contribution in [2.24, 2.45) is 0 Å². The molecule has 0 spiro atoms. The molecule has 2 aromatic rings. The molecule has 0 aliphatic rings. The van der Waals surface area contributed by atoms with Crippen LogP contribution in [0.5, 0.6) is 0 Å². The molecule has 0 fully saturated rings. The van der Waals surface area contributed by atoms with E-state index < -0.39 is 0 Å². The van der Waals surface area contributed by atoms with Gasteiger partial charge < -0.3 is 10.4 Å². The zero-order chi connectivity index (χ0) is 11.4. The first-order valence-electron chi connectivity index (χ1n) is 5.09. The molecule has 0 aromatic carbocycles. The van der Waals surface area contributed by atoms with E-state index in [4.69, 9.17) is 5.11 Å². The van der Waals surface area contributed by atoms with Gasteiger partial charge in [-0.3, -0.25) is 9.20 Å². The third-order valence-electron chi connectivity index (χ3n) is 2.28. The first-order valence-corrected chi connectivity index (χ1v) is 5.09. The van der Waals surface area contributed by atoms with Gasteiger partial charge in [-0.1, -0.05) is 0 Å². The predicted molar refractivity (Wildman–Crippen MR) is 60.3 cm³/mol. The van der Waals surface area contributed by atoms with E-state index in [2.05, 4.69) is 10.3 Å². The highest BCUT2D eigenvalue weighted by Crippen LogP contribution is 2.02. The quantitative estimate of drug-likeness (QED) is 0.697. The Morgan fingerprint density at radius 2 is 2.31 bits per heavy atom. The third-order valence-corrected chi connectivity index (χ3v) is 2.28. The van der Waals surface area contributed by atoms with Crippen molar-refractivity contribution in [2.75, 3.05) is 13.2 Å². The van der Waals surface area contributed by atoms with Crippen molar-refractivity contribution in [3.8, 4) is 0 Å². The highest BCUT2D eigenvalue weighted by molar-refractivity contribution is 5.40. The number of pyridine rings is 1. The average Bonchev–Trinajstić information content (AvgIpc) is 2.30. The fourth-order valence-corrected chi connectivity index (χ4v) is 1.50. The second-order valence-electron chi connectivity index (χ2n) is 3.45. The normalized spacial score (nSPS) is 10.8. The monoisotopic (exact) mass is 219 g/mol. The molecule has 2 N–H and O–H groups in total. The molecule has 5 nitrogen and oxygen atoms in total. The fraction of sp³-hybridized carbons (Fsp3) is 0.273. The number of nitrogens with zero attached hydrogens (tertiary/aromatic N) is 2. The van der Waals surface area contributed by atoms with Crippen LogP contribution < -0.4 is 10.9 Å². The standard InChI is InChI=1S/C11H13N3O2/c15-6-4-12-8-9-2-5-14-10(7-9)13-3-1-11(14)16/h1-3,5,7,12,15H,4,6,8H2. The summed E-state index contributed by atoms with van der Waals surface area (Å²) in [7, 11) is 0. The van der Waals surface area contributed by atoms with Gasteiger partial charge >= 0.3 is 0 Å². The fourth-order valence-electron chi connectivity index (χ4n) is 1.50. The molecule has 0 saturated heterocycles. The van der Waals surface area contributed by atoms with E-state index in [0.717, 1.165) is 5.56 Å². The van der Waals surface area contributed by atoms with Gasteiger partial charge in [-0.05, 0) is 17.7 Å². The number of rotatable bonds is 4. The molecular formula is C11H13N3O2. The van der Waals surface area contributed by atoms with Crippen molar-refractivity contribution in [2.45, 2.75) is 6.54 Å². The van der Waals surface area contributed by atoms with Gasteiger partial charge in [-0.2, -0.15) is 0 Å². The van der Waals surface area contributed by atoms with Crippen LogP contribution in [-0.4, -0.2) is 27.6 Å². The van der Waals surface area contributed by atoms with Crippen molar-refractivity contribution in [3.63, 3.8) is 0 Å². The molecule has 84 valence electrons. The maximum absolute atomic E-state index is 11.4. The Balaban J connectivity index is 2.27. The lowest BCUT2D eigenvalue weighted by atomic mass is 10.2. The number of aliphatic hydroxyl groups is 1. The van der Waals surface area contributed by atoms with Crippen LogP contribution >= 0.6 is 0 Å². The van der Waals surface area contributed by atoms with Crippen molar-refractivity contribution in [1.82, 2.24) is 14.7 Å². The van der Waals surface area contributed by atoms with Crippen molar-refractivity contribution in [3.05, 3.63) is 46.5 Å². The zero-order valence-corrected chi connectivity index (χ0v) is 8.76. The minimum absolute atomic E-state index is 0.0835. The molecule has 2 heterocycles. The summed E-state index contributed by atoms with van der Waals surface area (Å²) in [6.07, 6.45) is 3.21. The van der Waals surface area contributed by atoms with Gasteiger partial charge in [-0.25, -0.2) is 4.98 Å². The predicted octanol–water partition coefficient (Wildman–Crippen LogP) is -0.224. The Morgan fingerprint density at radius 3 is 3.12 bits per heavy atom. The Labute approximate surface area is 92.4 Å². The van der Waals surface area contributed by atoms with Crippen molar-refractivity contribution in [1.29, 1.82) is 0 Å². The van der Waals surface area contributed by atoms with Crippen molar-refractivity contribution >= 4 is 5.65 Å². The number of aromatic nitrogens is 2. The Kier molecular flexibility index (Phi) is 3.28. The molecule has 0 aliphatic carbocycles. The average molecular weight is 219 g/mol. The summed E-state index contributed by atoms with van der Waals surface area (Å²) >= 11 is 0. The minimum atomic E-state index is -0.0835. The summed E-state index contributed by atoms with van der Waals surface area (Å²) in [6.45, 7) is 1.33. The van der Waals surface area contributed by atoms with Crippen LogP contribution in [0.1, 0.15) is 5.56 Å². The molecule has 2 aromatic heterocycles. The number of aliphatic hydroxyl groups excluding tert-OH is 1. The van der Waals surface area contributed by atoms with Gasteiger partial charge in [0.2, 0.25) is 0 Å². The molecule has 0 unspecified atom stereocenters. The van der Waals surface area contributed by atoms with Gasteiger partial charge in [0.15, 0.2) is 0 Å². The van der Waals surface area contributed by atoms with Gasteiger partial charge in [0.25, 0.3) is 5.56 Å². The summed E-state index contributed by atoms with van der Waals surface area (Å²) in [4.78, 5) is 15.5. The van der Waals surface area contributed by atoms with Crippen LogP contribution in [0, 0.1) is 0 Å². The number of fused-ring (bicyclic) bond motifs is 1. The van der Waals surface area contributed by atoms with E-state index in [1.807, 2.05) is 12.1 Å². The van der Waals surface area contributed by atoms with Crippen molar-refractivity contribution < 1.29 is 5.11 Å². The number of hydrogen-bond acceptors (Lipinski definition) is 4. The minimum Gasteiger partial charge on any atom is -0.395 e. The topological polar surface area (TPSA) is 66.6 Å². The van der Waals surface area contributed by atoms with E-state index in [1.165, 1.54) is 16.7 Å². The molecule has 5 heteroatoms. The van der Waals surface area contributed by atoms with Gasteiger partial charge in [0.05, 0.1) is 6.61 Å². The first kappa shape index (κ1) is 10.8. The van der Waals surface area contributed by atoms with Crippen LogP contribution in [0.25, 0.3) is 5.65 Å². The molecule has 0 saturated carbocycles. The maximum Gasteiger partial charge on any atom is 0.257 e. The van der Waals surface area contributed by atoms with Gasteiger partial charge in [0.1, 0.15) is 5.65 Å². The highest BCUT2D eigenvalue weighted by Gasteiger charge is 1.98. The van der Waals surface area contributed by atoms with Crippen LogP contribution in [-0.2, 0) is 6.54 Å². The van der Waals surface area contributed by atoms with E-state index in [9.17, 15) is 4.79 Å². The molecule has 0 aliphatic heterocycles. The van der Waals surface area contributed by atoms with Crippen LogP contribution in [0.4, 0.5) is 0 Å². The largest absolute Gasteiger partial charge is 0.395 e. The van der Waals surface area contributed by atoms with Crippen LogP contribution in [0.3, 0.4) is 0 Å². The zero-order valence-electron chi connectivity index (χ0n) is 8.76. The lowest BCUT2D eigenvalue weighted by Gasteiger charge is -2.04. The lowest BCUT2D eigenvalue weighted by Crippen LogP contribution is -2.18. The SMILES string of the molecule is O=c1ccnc2cc(CNCCO)ccn12. The molecule has 0 amide bonds. The second-order valence-corrected chi connectivity index (χ2v) is 3.45. The molecule has 0 bridgehead atoms. The summed E-state index contributed by atoms with van der Waals surface area (Å²) in [6, 6.07) is 5.14. The van der Waals surface area contributed by atoms with Crippen LogP contribution in [0.2, 0.25) is 0 Å². The maximum atomic E-state index is 11.4. The van der Waals surface area contributed by atoms with E-state index >= 15 is 0 Å². The Bertz CT molecular complexity index is 536. The molecule has 0 atom stereocenters. The number of nitrogens with one attached hydrogen (secondary N) is 1. The van der Waals surface area contributed by atoms with Gasteiger partial charge in [0, 0.05) is 31.5 Å². The summed E-state index contributed by atoms with van der Waals surface area (Å²) in [5.41, 5.74) is 1.59. The first-order chi connectivity index (χ1) is 7.81. The summed E-state index contributed by atoms with van der Waals surface area (Å²) < 4.78 is 1.50. The molecule has 16 heavy (non-hydrogen) atoms. The van der Waals surface area contributed by atoms with E-state index in [-0.39, 0.29) is 12.2 Å². The molecule has 2 rings (SSSR count). The Morgan fingerprint density at radius 1 is 1.44 bits per heavy atom. The highest BCUT2D eigenvalue weighted by atomic mass is 16.3. The van der Waals surface area contributed by atoms with E-state index in [1.54, 1.807) is 6.20 Å². The van der Waals surface area contributed by atoms with E-state index in [0.29, 0.717) is 18.7 Å². The number of hydrogen-bond donors (Lipinski definition) is 2. The van der Waals surface area contributed by atoms with Crippen LogP contribution in [0.15, 0.2) is 35.4 Å². The smallest absolute Gasteiger partial charge is 0.257 e. The lowest BCUT2D eigenvalue weighted by molar-refractivity contribution is 0.292.